The van der Waals surface area contributed by atoms with E-state index in [0.29, 0.717) is 11.3 Å². The Morgan fingerprint density at radius 2 is 2.00 bits per heavy atom. The second-order valence-corrected chi connectivity index (χ2v) is 5.08. The fourth-order valence-corrected chi connectivity index (χ4v) is 2.10. The van der Waals surface area contributed by atoms with Crippen LogP contribution in [0.3, 0.4) is 0 Å². The van der Waals surface area contributed by atoms with Crippen LogP contribution in [0.5, 0.6) is 0 Å². The SMILES string of the molecule is Cc1nc(F)ccc1/C=C(/C#N)C(=O)NC(C)c1ccccc1. The summed E-state index contributed by atoms with van der Waals surface area (Å²) >= 11 is 0. The molecule has 1 atom stereocenters. The number of halogens is 1. The van der Waals surface area contributed by atoms with Gasteiger partial charge in [0.15, 0.2) is 0 Å². The number of hydrogen-bond acceptors (Lipinski definition) is 3. The molecule has 1 unspecified atom stereocenters. The van der Waals surface area contributed by atoms with E-state index in [-0.39, 0.29) is 11.6 Å². The van der Waals surface area contributed by atoms with Gasteiger partial charge in [0.05, 0.1) is 6.04 Å². The van der Waals surface area contributed by atoms with Gasteiger partial charge in [-0.15, -0.1) is 0 Å². The summed E-state index contributed by atoms with van der Waals surface area (Å²) in [5, 5.41) is 12.0. The maximum absolute atomic E-state index is 13.0. The third-order valence-corrected chi connectivity index (χ3v) is 3.40. The fraction of sp³-hybridized carbons (Fsp3) is 0.167. The molecule has 0 saturated carbocycles. The van der Waals surface area contributed by atoms with Crippen molar-refractivity contribution in [1.82, 2.24) is 10.3 Å². The van der Waals surface area contributed by atoms with Gasteiger partial charge in [0.1, 0.15) is 11.6 Å². The van der Waals surface area contributed by atoms with Crippen LogP contribution in [0.4, 0.5) is 4.39 Å². The smallest absolute Gasteiger partial charge is 0.262 e. The Labute approximate surface area is 134 Å². The lowest BCUT2D eigenvalue weighted by Crippen LogP contribution is -2.27. The van der Waals surface area contributed by atoms with Crippen molar-refractivity contribution in [3.63, 3.8) is 0 Å². The number of carbonyl (C=O) groups excluding carboxylic acids is 1. The Morgan fingerprint density at radius 3 is 2.61 bits per heavy atom. The zero-order valence-electron chi connectivity index (χ0n) is 12.9. The lowest BCUT2D eigenvalue weighted by Gasteiger charge is -2.13. The second kappa shape index (κ2) is 7.32. The van der Waals surface area contributed by atoms with Crippen LogP contribution in [0.2, 0.25) is 0 Å². The minimum atomic E-state index is -0.597. The van der Waals surface area contributed by atoms with Crippen LogP contribution in [0.25, 0.3) is 6.08 Å². The molecule has 1 aromatic carbocycles. The molecule has 0 bridgehead atoms. The molecule has 2 aromatic rings. The molecule has 116 valence electrons. The summed E-state index contributed by atoms with van der Waals surface area (Å²) in [6.07, 6.45) is 1.41. The number of aryl methyl sites for hydroxylation is 1. The van der Waals surface area contributed by atoms with E-state index in [9.17, 15) is 14.4 Å². The van der Waals surface area contributed by atoms with Gasteiger partial charge in [-0.1, -0.05) is 30.3 Å². The van der Waals surface area contributed by atoms with Gasteiger partial charge in [0.2, 0.25) is 5.95 Å². The maximum Gasteiger partial charge on any atom is 0.262 e. The van der Waals surface area contributed by atoms with Gasteiger partial charge in [-0.2, -0.15) is 9.65 Å². The molecule has 0 aliphatic carbocycles. The molecular formula is C18H16FN3O. The van der Waals surface area contributed by atoms with E-state index in [0.717, 1.165) is 5.56 Å². The van der Waals surface area contributed by atoms with Crippen molar-refractivity contribution in [2.24, 2.45) is 0 Å². The lowest BCUT2D eigenvalue weighted by atomic mass is 10.1. The normalized spacial score (nSPS) is 12.3. The van der Waals surface area contributed by atoms with Crippen LogP contribution in [0.15, 0.2) is 48.0 Å². The summed E-state index contributed by atoms with van der Waals surface area (Å²) < 4.78 is 13.0. The van der Waals surface area contributed by atoms with Crippen LogP contribution in [-0.2, 0) is 4.79 Å². The lowest BCUT2D eigenvalue weighted by molar-refractivity contribution is -0.117. The molecule has 0 fully saturated rings. The third kappa shape index (κ3) is 4.24. The predicted octanol–water partition coefficient (Wildman–Crippen LogP) is 3.31. The number of carbonyl (C=O) groups is 1. The summed E-state index contributed by atoms with van der Waals surface area (Å²) in [7, 11) is 0. The van der Waals surface area contributed by atoms with Crippen molar-refractivity contribution in [2.45, 2.75) is 19.9 Å². The Bertz CT molecular complexity index is 779. The molecule has 1 aromatic heterocycles. The van der Waals surface area contributed by atoms with Gasteiger partial charge in [0.25, 0.3) is 5.91 Å². The number of nitriles is 1. The number of rotatable bonds is 4. The molecular weight excluding hydrogens is 293 g/mol. The molecule has 0 aliphatic heterocycles. The predicted molar refractivity (Wildman–Crippen MR) is 85.5 cm³/mol. The summed E-state index contributed by atoms with van der Waals surface area (Å²) in [6, 6.07) is 13.8. The van der Waals surface area contributed by atoms with Crippen molar-refractivity contribution in [3.8, 4) is 6.07 Å². The number of nitrogens with zero attached hydrogens (tertiary/aromatic N) is 2. The van der Waals surface area contributed by atoms with Crippen LogP contribution < -0.4 is 5.32 Å². The first-order chi connectivity index (χ1) is 11.0. The quantitative estimate of drug-likeness (QED) is 0.535. The van der Waals surface area contributed by atoms with E-state index < -0.39 is 11.9 Å². The van der Waals surface area contributed by atoms with E-state index in [1.54, 1.807) is 6.92 Å². The summed E-state index contributed by atoms with van der Waals surface area (Å²) in [6.45, 7) is 3.46. The fourth-order valence-electron chi connectivity index (χ4n) is 2.10. The monoisotopic (exact) mass is 309 g/mol. The molecule has 1 N–H and O–H groups in total. The van der Waals surface area contributed by atoms with Gasteiger partial charge in [-0.05, 0) is 43.2 Å². The minimum absolute atomic E-state index is 0.0516. The van der Waals surface area contributed by atoms with Gasteiger partial charge >= 0.3 is 0 Å². The first-order valence-electron chi connectivity index (χ1n) is 7.12. The first kappa shape index (κ1) is 16.4. The van der Waals surface area contributed by atoms with E-state index in [1.165, 1.54) is 18.2 Å². The topological polar surface area (TPSA) is 65.8 Å². The molecule has 4 nitrogen and oxygen atoms in total. The zero-order valence-corrected chi connectivity index (χ0v) is 12.9. The Balaban J connectivity index is 2.19. The second-order valence-electron chi connectivity index (χ2n) is 5.08. The Kier molecular flexibility index (Phi) is 5.21. The van der Waals surface area contributed by atoms with Gasteiger partial charge in [-0.25, -0.2) is 4.98 Å². The minimum Gasteiger partial charge on any atom is -0.345 e. The molecule has 5 heteroatoms. The Morgan fingerprint density at radius 1 is 1.30 bits per heavy atom. The molecule has 0 aliphatic rings. The highest BCUT2D eigenvalue weighted by molar-refractivity contribution is 6.01. The van der Waals surface area contributed by atoms with Crippen LogP contribution in [-0.4, -0.2) is 10.9 Å². The first-order valence-corrected chi connectivity index (χ1v) is 7.12. The van der Waals surface area contributed by atoms with Gasteiger partial charge in [0, 0.05) is 5.69 Å². The van der Waals surface area contributed by atoms with Crippen LogP contribution in [0.1, 0.15) is 29.8 Å². The Hall–Kier alpha value is -3.00. The zero-order chi connectivity index (χ0) is 16.8. The highest BCUT2D eigenvalue weighted by Gasteiger charge is 2.14. The number of benzene rings is 1. The number of nitrogens with one attached hydrogen (secondary N) is 1. The van der Waals surface area contributed by atoms with Crippen molar-refractivity contribution >= 4 is 12.0 Å². The standard InChI is InChI=1S/C18H16FN3O/c1-12(14-6-4-3-5-7-14)22-18(23)16(11-20)10-15-8-9-17(19)21-13(15)2/h3-10,12H,1-2H3,(H,22,23)/b16-10-. The van der Waals surface area contributed by atoms with Crippen LogP contribution >= 0.6 is 0 Å². The average Bonchev–Trinajstić information content (AvgIpc) is 2.54. The molecule has 23 heavy (non-hydrogen) atoms. The number of hydrogen-bond donors (Lipinski definition) is 1. The van der Waals surface area contributed by atoms with Gasteiger partial charge in [-0.3, -0.25) is 4.79 Å². The molecule has 2 rings (SSSR count). The van der Waals surface area contributed by atoms with Crippen molar-refractivity contribution in [1.29, 1.82) is 5.26 Å². The molecule has 1 heterocycles. The van der Waals surface area contributed by atoms with E-state index in [4.69, 9.17) is 0 Å². The molecule has 0 saturated heterocycles. The highest BCUT2D eigenvalue weighted by Crippen LogP contribution is 2.14. The van der Waals surface area contributed by atoms with Crippen LogP contribution in [0, 0.1) is 24.2 Å². The largest absolute Gasteiger partial charge is 0.345 e. The van der Waals surface area contributed by atoms with Crippen molar-refractivity contribution in [2.75, 3.05) is 0 Å². The van der Waals surface area contributed by atoms with Crippen molar-refractivity contribution in [3.05, 3.63) is 70.8 Å². The average molecular weight is 309 g/mol. The van der Waals surface area contributed by atoms with Gasteiger partial charge < -0.3 is 5.32 Å². The summed E-state index contributed by atoms with van der Waals surface area (Å²) in [5.74, 6) is -1.08. The number of amides is 1. The third-order valence-electron chi connectivity index (χ3n) is 3.40. The molecule has 1 amide bonds. The summed E-state index contributed by atoms with van der Waals surface area (Å²) in [4.78, 5) is 15.9. The molecule has 0 radical (unpaired) electrons. The number of aromatic nitrogens is 1. The van der Waals surface area contributed by atoms with E-state index in [1.807, 2.05) is 43.3 Å². The van der Waals surface area contributed by atoms with E-state index >= 15 is 0 Å². The highest BCUT2D eigenvalue weighted by atomic mass is 19.1. The van der Waals surface area contributed by atoms with E-state index in [2.05, 4.69) is 10.3 Å². The summed E-state index contributed by atoms with van der Waals surface area (Å²) in [5.41, 5.74) is 1.84. The molecule has 0 spiro atoms. The number of pyridine rings is 1. The van der Waals surface area contributed by atoms with Crippen molar-refractivity contribution < 1.29 is 9.18 Å². The maximum atomic E-state index is 13.0.